The van der Waals surface area contributed by atoms with Crippen molar-refractivity contribution in [1.29, 1.82) is 0 Å². The van der Waals surface area contributed by atoms with Crippen LogP contribution in [-0.4, -0.2) is 30.6 Å². The van der Waals surface area contributed by atoms with Gasteiger partial charge in [0, 0.05) is 12.0 Å². The van der Waals surface area contributed by atoms with Crippen LogP contribution >= 0.6 is 12.4 Å². The van der Waals surface area contributed by atoms with Crippen molar-refractivity contribution >= 4 is 18.3 Å². The second-order valence-electron chi connectivity index (χ2n) is 4.93. The number of hydrogen-bond donors (Lipinski definition) is 2. The number of halogens is 1. The highest BCUT2D eigenvalue weighted by Gasteiger charge is 2.30. The number of carbonyl (C=O) groups is 1. The predicted molar refractivity (Wildman–Crippen MR) is 77.3 cm³/mol. The van der Waals surface area contributed by atoms with Crippen molar-refractivity contribution in [3.63, 3.8) is 0 Å². The minimum absolute atomic E-state index is 0. The molecular formula is C12H16ClN7O. The second-order valence-corrected chi connectivity index (χ2v) is 4.93. The van der Waals surface area contributed by atoms with E-state index in [0.29, 0.717) is 17.6 Å². The third-order valence-corrected chi connectivity index (χ3v) is 3.12. The normalized spacial score (nSPS) is 15.3. The van der Waals surface area contributed by atoms with Crippen molar-refractivity contribution in [2.45, 2.75) is 31.7 Å². The Hall–Kier alpha value is -2.06. The van der Waals surface area contributed by atoms with Crippen LogP contribution in [0.2, 0.25) is 0 Å². The summed E-state index contributed by atoms with van der Waals surface area (Å²) in [4.78, 5) is 23.6. The molecular weight excluding hydrogens is 294 g/mol. The van der Waals surface area contributed by atoms with Crippen molar-refractivity contribution in [2.24, 2.45) is 11.5 Å². The first kappa shape index (κ1) is 15.3. The van der Waals surface area contributed by atoms with E-state index >= 15 is 0 Å². The van der Waals surface area contributed by atoms with E-state index < -0.39 is 5.91 Å². The van der Waals surface area contributed by atoms with E-state index in [1.165, 1.54) is 12.4 Å². The van der Waals surface area contributed by atoms with Gasteiger partial charge in [-0.25, -0.2) is 15.0 Å². The topological polar surface area (TPSA) is 126 Å². The molecule has 0 aromatic carbocycles. The van der Waals surface area contributed by atoms with E-state index in [2.05, 4.69) is 20.1 Å². The number of hydrogen-bond acceptors (Lipinski definition) is 6. The minimum atomic E-state index is -0.612. The van der Waals surface area contributed by atoms with Gasteiger partial charge in [0.15, 0.2) is 17.5 Å². The first-order valence-corrected chi connectivity index (χ1v) is 6.41. The summed E-state index contributed by atoms with van der Waals surface area (Å²) in [5.74, 6) is 1.63. The lowest BCUT2D eigenvalue weighted by molar-refractivity contribution is 0.0995. The molecule has 2 heterocycles. The summed E-state index contributed by atoms with van der Waals surface area (Å²) in [7, 11) is 0. The van der Waals surface area contributed by atoms with Crippen LogP contribution in [0.1, 0.15) is 53.9 Å². The van der Waals surface area contributed by atoms with Crippen LogP contribution in [0.5, 0.6) is 0 Å². The van der Waals surface area contributed by atoms with Gasteiger partial charge in [-0.1, -0.05) is 0 Å². The van der Waals surface area contributed by atoms with Crippen LogP contribution in [-0.2, 0) is 0 Å². The lowest BCUT2D eigenvalue weighted by Crippen LogP contribution is -2.17. The van der Waals surface area contributed by atoms with E-state index in [-0.39, 0.29) is 24.1 Å². The molecule has 3 rings (SSSR count). The molecule has 0 radical (unpaired) electrons. The number of nitrogens with two attached hydrogens (primary N) is 2. The molecule has 0 spiro atoms. The summed E-state index contributed by atoms with van der Waals surface area (Å²) in [5, 5.41) is 4.45. The SMILES string of the molecule is C[C@H](N)c1nc(C2CC2)nn1-c1cc(C(N)=O)ncn1.Cl. The van der Waals surface area contributed by atoms with Gasteiger partial charge < -0.3 is 11.5 Å². The molecule has 2 aromatic heterocycles. The average molecular weight is 310 g/mol. The number of aromatic nitrogens is 5. The summed E-state index contributed by atoms with van der Waals surface area (Å²) in [5.41, 5.74) is 11.3. The monoisotopic (exact) mass is 309 g/mol. The van der Waals surface area contributed by atoms with E-state index in [4.69, 9.17) is 11.5 Å². The first-order chi connectivity index (χ1) is 9.56. The van der Waals surface area contributed by atoms with Crippen LogP contribution in [0.3, 0.4) is 0 Å². The minimum Gasteiger partial charge on any atom is -0.364 e. The lowest BCUT2D eigenvalue weighted by Gasteiger charge is -2.07. The van der Waals surface area contributed by atoms with E-state index in [1.807, 2.05) is 6.92 Å². The smallest absolute Gasteiger partial charge is 0.267 e. The second kappa shape index (κ2) is 5.74. The Morgan fingerprint density at radius 1 is 1.43 bits per heavy atom. The summed E-state index contributed by atoms with van der Waals surface area (Å²) in [6.07, 6.45) is 3.47. The molecule has 21 heavy (non-hydrogen) atoms. The molecule has 1 saturated carbocycles. The molecule has 8 nitrogen and oxygen atoms in total. The number of nitrogens with zero attached hydrogens (tertiary/aromatic N) is 5. The molecule has 0 bridgehead atoms. The number of amides is 1. The third-order valence-electron chi connectivity index (χ3n) is 3.12. The van der Waals surface area contributed by atoms with Crippen molar-refractivity contribution in [1.82, 2.24) is 24.7 Å². The third kappa shape index (κ3) is 3.01. The van der Waals surface area contributed by atoms with Crippen LogP contribution in [0.4, 0.5) is 0 Å². The average Bonchev–Trinajstić information content (AvgIpc) is 3.17. The van der Waals surface area contributed by atoms with Gasteiger partial charge in [-0.2, -0.15) is 4.68 Å². The van der Waals surface area contributed by atoms with Crippen molar-refractivity contribution in [2.75, 3.05) is 0 Å². The maximum atomic E-state index is 11.2. The summed E-state index contributed by atoms with van der Waals surface area (Å²) < 4.78 is 1.56. The van der Waals surface area contributed by atoms with Gasteiger partial charge in [-0.05, 0) is 19.8 Å². The van der Waals surface area contributed by atoms with Crippen LogP contribution in [0, 0.1) is 0 Å². The van der Waals surface area contributed by atoms with Crippen molar-refractivity contribution < 1.29 is 4.79 Å². The standard InChI is InChI=1S/C12H15N7O.ClH/c1-6(13)12-17-11(7-2-3-7)18-19(12)9-4-8(10(14)20)15-5-16-9;/h4-7H,2-3,13H2,1H3,(H2,14,20);1H/t6-;/m0./s1. The highest BCUT2D eigenvalue weighted by molar-refractivity contribution is 5.90. The van der Waals surface area contributed by atoms with Gasteiger partial charge >= 0.3 is 0 Å². The molecule has 0 saturated heterocycles. The predicted octanol–water partition coefficient (Wildman–Crippen LogP) is 0.475. The number of carbonyl (C=O) groups excluding carboxylic acids is 1. The zero-order valence-corrected chi connectivity index (χ0v) is 12.2. The van der Waals surface area contributed by atoms with Gasteiger partial charge in [-0.15, -0.1) is 17.5 Å². The summed E-state index contributed by atoms with van der Waals surface area (Å²) >= 11 is 0. The molecule has 1 amide bonds. The fourth-order valence-electron chi connectivity index (χ4n) is 1.92. The molecule has 1 aliphatic carbocycles. The van der Waals surface area contributed by atoms with Crippen molar-refractivity contribution in [3.05, 3.63) is 29.7 Å². The lowest BCUT2D eigenvalue weighted by atomic mass is 10.3. The molecule has 0 aliphatic heterocycles. The Morgan fingerprint density at radius 3 is 2.71 bits per heavy atom. The number of rotatable bonds is 4. The van der Waals surface area contributed by atoms with Crippen LogP contribution in [0.25, 0.3) is 5.82 Å². The van der Waals surface area contributed by atoms with Gasteiger partial charge in [0.25, 0.3) is 5.91 Å². The zero-order chi connectivity index (χ0) is 14.3. The van der Waals surface area contributed by atoms with E-state index in [9.17, 15) is 4.79 Å². The Bertz CT molecular complexity index is 665. The fraction of sp³-hybridized carbons (Fsp3) is 0.417. The Labute approximate surface area is 127 Å². The van der Waals surface area contributed by atoms with Gasteiger partial charge in [-0.3, -0.25) is 4.79 Å². The van der Waals surface area contributed by atoms with Crippen molar-refractivity contribution in [3.8, 4) is 5.82 Å². The molecule has 9 heteroatoms. The maximum absolute atomic E-state index is 11.2. The molecule has 2 aromatic rings. The molecule has 4 N–H and O–H groups in total. The Kier molecular flexibility index (Phi) is 4.19. The summed E-state index contributed by atoms with van der Waals surface area (Å²) in [6.45, 7) is 1.83. The maximum Gasteiger partial charge on any atom is 0.267 e. The van der Waals surface area contributed by atoms with E-state index in [0.717, 1.165) is 18.7 Å². The highest BCUT2D eigenvalue weighted by atomic mass is 35.5. The summed E-state index contributed by atoms with van der Waals surface area (Å²) in [6, 6.07) is 1.20. The van der Waals surface area contributed by atoms with Gasteiger partial charge in [0.2, 0.25) is 0 Å². The van der Waals surface area contributed by atoms with Crippen LogP contribution in [0.15, 0.2) is 12.4 Å². The molecule has 1 aliphatic rings. The highest BCUT2D eigenvalue weighted by Crippen LogP contribution is 2.38. The molecule has 1 atom stereocenters. The van der Waals surface area contributed by atoms with Crippen LogP contribution < -0.4 is 11.5 Å². The molecule has 1 fully saturated rings. The Morgan fingerprint density at radius 2 is 2.14 bits per heavy atom. The molecule has 112 valence electrons. The largest absolute Gasteiger partial charge is 0.364 e. The van der Waals surface area contributed by atoms with E-state index in [1.54, 1.807) is 4.68 Å². The van der Waals surface area contributed by atoms with Gasteiger partial charge in [0.1, 0.15) is 12.0 Å². The zero-order valence-electron chi connectivity index (χ0n) is 11.4. The van der Waals surface area contributed by atoms with Gasteiger partial charge in [0.05, 0.1) is 6.04 Å². The number of primary amides is 1. The molecule has 0 unspecified atom stereocenters. The quantitative estimate of drug-likeness (QED) is 0.845. The fourth-order valence-corrected chi connectivity index (χ4v) is 1.92. The first-order valence-electron chi connectivity index (χ1n) is 6.41. The Balaban J connectivity index is 0.00000161.